The van der Waals surface area contributed by atoms with Crippen LogP contribution < -0.4 is 10.2 Å². The van der Waals surface area contributed by atoms with Gasteiger partial charge in [-0.2, -0.15) is 0 Å². The van der Waals surface area contributed by atoms with Crippen LogP contribution >= 0.6 is 0 Å². The third-order valence-electron chi connectivity index (χ3n) is 6.42. The van der Waals surface area contributed by atoms with E-state index in [-0.39, 0.29) is 24.4 Å². The molecule has 1 fully saturated rings. The van der Waals surface area contributed by atoms with Crippen LogP contribution in [0.5, 0.6) is 0 Å². The van der Waals surface area contributed by atoms with E-state index in [2.05, 4.69) is 15.3 Å². The molecule has 0 spiro atoms. The summed E-state index contributed by atoms with van der Waals surface area (Å²) in [4.78, 5) is 36.9. The van der Waals surface area contributed by atoms with Gasteiger partial charge in [0.15, 0.2) is 0 Å². The van der Waals surface area contributed by atoms with Crippen molar-refractivity contribution in [3.8, 4) is 0 Å². The van der Waals surface area contributed by atoms with Gasteiger partial charge in [0.25, 0.3) is 0 Å². The van der Waals surface area contributed by atoms with Gasteiger partial charge >= 0.3 is 5.97 Å². The van der Waals surface area contributed by atoms with Crippen LogP contribution in [-0.4, -0.2) is 35.0 Å². The molecule has 2 atom stereocenters. The predicted octanol–water partition coefficient (Wildman–Crippen LogP) is 4.86. The van der Waals surface area contributed by atoms with Crippen molar-refractivity contribution in [1.82, 2.24) is 9.97 Å². The molecule has 1 amide bonds. The molecule has 176 valence electrons. The summed E-state index contributed by atoms with van der Waals surface area (Å²) in [6.07, 6.45) is 3.50. The van der Waals surface area contributed by atoms with Crippen molar-refractivity contribution in [3.63, 3.8) is 0 Å². The number of hydrogen-bond acceptors (Lipinski definition) is 6. The Kier molecular flexibility index (Phi) is 6.63. The number of aromatic nitrogens is 2. The maximum atomic E-state index is 13.4. The zero-order valence-electron chi connectivity index (χ0n) is 20.0. The van der Waals surface area contributed by atoms with Crippen molar-refractivity contribution in [2.24, 2.45) is 11.3 Å². The number of esters is 1. The van der Waals surface area contributed by atoms with E-state index in [4.69, 9.17) is 4.74 Å². The van der Waals surface area contributed by atoms with Gasteiger partial charge in [0.2, 0.25) is 11.9 Å². The number of carbonyl (C=O) groups excluding carboxylic acids is 2. The normalized spacial score (nSPS) is 17.9. The number of nitrogens with zero attached hydrogens (tertiary/aromatic N) is 3. The third kappa shape index (κ3) is 4.64. The molecule has 2 aromatic carbocycles. The molecule has 2 heterocycles. The summed E-state index contributed by atoms with van der Waals surface area (Å²) >= 11 is 0. The van der Waals surface area contributed by atoms with Gasteiger partial charge in [-0.1, -0.05) is 44.2 Å². The molecule has 0 unspecified atom stereocenters. The maximum absolute atomic E-state index is 13.4. The second kappa shape index (κ2) is 9.63. The van der Waals surface area contributed by atoms with E-state index in [1.165, 1.54) is 0 Å². The minimum absolute atomic E-state index is 0.00723. The van der Waals surface area contributed by atoms with Crippen molar-refractivity contribution in [2.45, 2.75) is 33.6 Å². The number of aryl methyl sites for hydroxylation is 1. The lowest BCUT2D eigenvalue weighted by Gasteiger charge is -2.30. The molecule has 0 saturated carbocycles. The number of carbonyl (C=O) groups is 2. The molecular formula is C27H30N4O3. The van der Waals surface area contributed by atoms with Crippen LogP contribution in [0.4, 0.5) is 17.3 Å². The van der Waals surface area contributed by atoms with Crippen LogP contribution in [0.3, 0.4) is 0 Å². The Bertz CT molecular complexity index is 1140. The summed E-state index contributed by atoms with van der Waals surface area (Å²) in [5, 5.41) is 3.17. The van der Waals surface area contributed by atoms with Crippen LogP contribution in [0.15, 0.2) is 67.0 Å². The highest BCUT2D eigenvalue weighted by Gasteiger charge is 2.53. The maximum Gasteiger partial charge on any atom is 0.313 e. The standard InChI is InChI=1S/C27H30N4O3/c1-5-34-24(32)23(19-11-13-20(14-12-19)30-26-28-15-18(2)16-29-26)22-17-31(25(33)27(22,3)4)21-9-7-6-8-10-21/h6-16,22-23H,5,17H2,1-4H3,(H,28,29,30)/t22-,23-/m0/s1. The molecule has 1 aromatic heterocycles. The summed E-state index contributed by atoms with van der Waals surface area (Å²) in [6, 6.07) is 17.2. The second-order valence-electron chi connectivity index (χ2n) is 9.14. The van der Waals surface area contributed by atoms with Crippen molar-refractivity contribution in [3.05, 3.63) is 78.1 Å². The number of rotatable bonds is 7. The number of amides is 1. The van der Waals surface area contributed by atoms with Crippen molar-refractivity contribution < 1.29 is 14.3 Å². The zero-order valence-corrected chi connectivity index (χ0v) is 20.0. The summed E-state index contributed by atoms with van der Waals surface area (Å²) in [5.74, 6) is -0.629. The Hall–Kier alpha value is -3.74. The smallest absolute Gasteiger partial charge is 0.313 e. The highest BCUT2D eigenvalue weighted by molar-refractivity contribution is 6.00. The van der Waals surface area contributed by atoms with E-state index in [1.807, 2.05) is 75.4 Å². The van der Waals surface area contributed by atoms with Crippen molar-refractivity contribution >= 4 is 29.2 Å². The molecule has 4 rings (SSSR count). The number of benzene rings is 2. The highest BCUT2D eigenvalue weighted by atomic mass is 16.5. The van der Waals surface area contributed by atoms with Crippen LogP contribution in [0.2, 0.25) is 0 Å². The first-order valence-corrected chi connectivity index (χ1v) is 11.5. The van der Waals surface area contributed by atoms with Crippen molar-refractivity contribution in [2.75, 3.05) is 23.4 Å². The topological polar surface area (TPSA) is 84.4 Å². The number of para-hydroxylation sites is 1. The van der Waals surface area contributed by atoms with E-state index in [1.54, 1.807) is 24.2 Å². The lowest BCUT2D eigenvalue weighted by Crippen LogP contribution is -2.35. The Morgan fingerprint density at radius 2 is 1.76 bits per heavy atom. The molecule has 1 saturated heterocycles. The molecule has 1 aliphatic heterocycles. The summed E-state index contributed by atoms with van der Waals surface area (Å²) in [7, 11) is 0. The van der Waals surface area contributed by atoms with E-state index < -0.39 is 11.3 Å². The first-order valence-electron chi connectivity index (χ1n) is 11.5. The van der Waals surface area contributed by atoms with Gasteiger partial charge in [-0.05, 0) is 49.2 Å². The minimum atomic E-state index is -0.736. The molecule has 7 nitrogen and oxygen atoms in total. The molecule has 3 aromatic rings. The zero-order chi connectivity index (χ0) is 24.3. The summed E-state index contributed by atoms with van der Waals surface area (Å²) < 4.78 is 5.47. The predicted molar refractivity (Wildman–Crippen MR) is 132 cm³/mol. The molecular weight excluding hydrogens is 428 g/mol. The Morgan fingerprint density at radius 3 is 2.38 bits per heavy atom. The fraction of sp³-hybridized carbons (Fsp3) is 0.333. The first kappa shape index (κ1) is 23.4. The lowest BCUT2D eigenvalue weighted by atomic mass is 9.71. The molecule has 0 bridgehead atoms. The minimum Gasteiger partial charge on any atom is -0.466 e. The van der Waals surface area contributed by atoms with Gasteiger partial charge < -0.3 is 15.0 Å². The number of ether oxygens (including phenoxy) is 1. The molecule has 1 N–H and O–H groups in total. The average molecular weight is 459 g/mol. The van der Waals surface area contributed by atoms with Crippen LogP contribution in [0, 0.1) is 18.3 Å². The fourth-order valence-corrected chi connectivity index (χ4v) is 4.49. The molecule has 1 aliphatic rings. The van der Waals surface area contributed by atoms with E-state index >= 15 is 0 Å². The monoisotopic (exact) mass is 458 g/mol. The lowest BCUT2D eigenvalue weighted by molar-refractivity contribution is -0.147. The van der Waals surface area contributed by atoms with Gasteiger partial charge in [0.1, 0.15) is 0 Å². The molecule has 34 heavy (non-hydrogen) atoms. The number of anilines is 3. The van der Waals surface area contributed by atoms with E-state index in [0.29, 0.717) is 12.5 Å². The molecule has 0 radical (unpaired) electrons. The Labute approximate surface area is 200 Å². The quantitative estimate of drug-likeness (QED) is 0.509. The van der Waals surface area contributed by atoms with E-state index in [9.17, 15) is 9.59 Å². The fourth-order valence-electron chi connectivity index (χ4n) is 4.49. The number of hydrogen-bond donors (Lipinski definition) is 1. The van der Waals surface area contributed by atoms with Gasteiger partial charge in [-0.15, -0.1) is 0 Å². The highest BCUT2D eigenvalue weighted by Crippen LogP contribution is 2.46. The summed E-state index contributed by atoms with van der Waals surface area (Å²) in [5.41, 5.74) is 2.71. The molecule has 0 aliphatic carbocycles. The van der Waals surface area contributed by atoms with Gasteiger partial charge in [0.05, 0.1) is 12.5 Å². The Balaban J connectivity index is 1.63. The Morgan fingerprint density at radius 1 is 1.12 bits per heavy atom. The summed E-state index contributed by atoms with van der Waals surface area (Å²) in [6.45, 7) is 8.28. The average Bonchev–Trinajstić information content (AvgIpc) is 3.06. The number of nitrogens with one attached hydrogen (secondary N) is 1. The van der Waals surface area contributed by atoms with Crippen molar-refractivity contribution in [1.29, 1.82) is 0 Å². The largest absolute Gasteiger partial charge is 0.466 e. The van der Waals surface area contributed by atoms with Crippen LogP contribution in [0.25, 0.3) is 0 Å². The second-order valence-corrected chi connectivity index (χ2v) is 9.14. The van der Waals surface area contributed by atoms with Gasteiger partial charge in [-0.25, -0.2) is 9.97 Å². The van der Waals surface area contributed by atoms with Crippen LogP contribution in [-0.2, 0) is 14.3 Å². The van der Waals surface area contributed by atoms with Gasteiger partial charge in [0, 0.05) is 41.6 Å². The van der Waals surface area contributed by atoms with E-state index in [0.717, 1.165) is 22.5 Å². The third-order valence-corrected chi connectivity index (χ3v) is 6.42. The SMILES string of the molecule is CCOC(=O)[C@@H](c1ccc(Nc2ncc(C)cn2)cc1)[C@@H]1CN(c2ccccc2)C(=O)C1(C)C. The molecule has 7 heteroatoms. The van der Waals surface area contributed by atoms with Crippen LogP contribution in [0.1, 0.15) is 37.8 Å². The van der Waals surface area contributed by atoms with Gasteiger partial charge in [-0.3, -0.25) is 9.59 Å². The first-order chi connectivity index (χ1) is 16.3.